The number of anilines is 1. The van der Waals surface area contributed by atoms with Crippen LogP contribution in [0.4, 0.5) is 10.5 Å². The van der Waals surface area contributed by atoms with Crippen molar-refractivity contribution >= 4 is 33.2 Å². The number of benzene rings is 1. The highest BCUT2D eigenvalue weighted by Gasteiger charge is 2.30. The first kappa shape index (κ1) is 22.7. The van der Waals surface area contributed by atoms with Crippen molar-refractivity contribution in [2.75, 3.05) is 32.6 Å². The number of hydrogen-bond donors (Lipinski definition) is 2. The lowest BCUT2D eigenvalue weighted by Gasteiger charge is -2.31. The fourth-order valence-electron chi connectivity index (χ4n) is 4.02. The number of amides is 2. The molecule has 33 heavy (non-hydrogen) atoms. The largest absolute Gasteiger partial charge is 0.453 e. The summed E-state index contributed by atoms with van der Waals surface area (Å²) in [6.07, 6.45) is 4.08. The highest BCUT2D eigenvalue weighted by atomic mass is 32.2. The van der Waals surface area contributed by atoms with Crippen molar-refractivity contribution in [3.63, 3.8) is 0 Å². The number of nitrogens with one attached hydrogen (secondary N) is 2. The van der Waals surface area contributed by atoms with Gasteiger partial charge < -0.3 is 10.1 Å². The van der Waals surface area contributed by atoms with E-state index in [9.17, 15) is 18.0 Å². The van der Waals surface area contributed by atoms with E-state index in [0.717, 1.165) is 11.1 Å². The van der Waals surface area contributed by atoms with E-state index in [2.05, 4.69) is 20.5 Å². The number of sulfonamides is 1. The fraction of sp³-hybridized carbons (Fsp3) is 0.318. The zero-order chi connectivity index (χ0) is 23.6. The minimum Gasteiger partial charge on any atom is -0.453 e. The maximum absolute atomic E-state index is 13.1. The van der Waals surface area contributed by atoms with Crippen LogP contribution in [0.25, 0.3) is 5.52 Å². The minimum atomic E-state index is -3.64. The van der Waals surface area contributed by atoms with Crippen molar-refractivity contribution in [2.24, 2.45) is 0 Å². The van der Waals surface area contributed by atoms with Crippen molar-refractivity contribution in [2.45, 2.75) is 23.7 Å². The average Bonchev–Trinajstić information content (AvgIpc) is 3.27. The molecule has 3 heterocycles. The monoisotopic (exact) mass is 471 g/mol. The molecular weight excluding hydrogens is 446 g/mol. The number of carbonyl (C=O) groups is 2. The topological polar surface area (TPSA) is 122 Å². The third kappa shape index (κ3) is 4.55. The molecule has 2 aromatic heterocycles. The van der Waals surface area contributed by atoms with E-state index in [1.165, 1.54) is 35.7 Å². The summed E-state index contributed by atoms with van der Waals surface area (Å²) in [4.78, 5) is 23.6. The van der Waals surface area contributed by atoms with Crippen molar-refractivity contribution in [1.29, 1.82) is 0 Å². The predicted octanol–water partition coefficient (Wildman–Crippen LogP) is 2.44. The van der Waals surface area contributed by atoms with Crippen molar-refractivity contribution < 1.29 is 22.7 Å². The van der Waals surface area contributed by atoms with Gasteiger partial charge in [-0.15, -0.1) is 0 Å². The Morgan fingerprint density at radius 2 is 1.82 bits per heavy atom. The second-order valence-corrected chi connectivity index (χ2v) is 9.68. The number of nitrogens with zero attached hydrogens (tertiary/aromatic N) is 3. The summed E-state index contributed by atoms with van der Waals surface area (Å²) in [5, 5.41) is 9.33. The summed E-state index contributed by atoms with van der Waals surface area (Å²) < 4.78 is 33.8. The number of methoxy groups -OCH3 is 1. The summed E-state index contributed by atoms with van der Waals surface area (Å²) in [6, 6.07) is 9.93. The van der Waals surface area contributed by atoms with Crippen LogP contribution in [-0.2, 0) is 14.8 Å². The molecule has 10 nitrogen and oxygen atoms in total. The number of rotatable bonds is 5. The number of fused-ring (bicyclic) bond motifs is 1. The fourth-order valence-corrected chi connectivity index (χ4v) is 5.49. The molecule has 1 saturated heterocycles. The second kappa shape index (κ2) is 9.20. The van der Waals surface area contributed by atoms with Crippen LogP contribution in [-0.4, -0.2) is 61.6 Å². The van der Waals surface area contributed by atoms with Crippen molar-refractivity contribution in [3.05, 3.63) is 59.9 Å². The van der Waals surface area contributed by atoms with E-state index in [0.29, 0.717) is 37.2 Å². The number of aromatic nitrogens is 2. The Morgan fingerprint density at radius 3 is 2.45 bits per heavy atom. The molecule has 11 heteroatoms. The van der Waals surface area contributed by atoms with Gasteiger partial charge in [-0.25, -0.2) is 17.7 Å². The Bertz CT molecular complexity index is 1280. The maximum Gasteiger partial charge on any atom is 0.411 e. The van der Waals surface area contributed by atoms with Crippen LogP contribution in [0.5, 0.6) is 0 Å². The summed E-state index contributed by atoms with van der Waals surface area (Å²) in [5.74, 6) is -0.0172. The molecule has 0 saturated carbocycles. The molecule has 0 spiro atoms. The Morgan fingerprint density at radius 1 is 1.12 bits per heavy atom. The van der Waals surface area contributed by atoms with Crippen molar-refractivity contribution in [1.82, 2.24) is 19.2 Å². The van der Waals surface area contributed by atoms with E-state index < -0.39 is 16.1 Å². The van der Waals surface area contributed by atoms with Crippen LogP contribution >= 0.6 is 0 Å². The Kier molecular flexibility index (Phi) is 6.34. The lowest BCUT2D eigenvalue weighted by atomic mass is 9.90. The molecule has 4 rings (SSSR count). The van der Waals surface area contributed by atoms with Gasteiger partial charge in [-0.05, 0) is 60.7 Å². The zero-order valence-corrected chi connectivity index (χ0v) is 19.1. The molecule has 1 aliphatic heterocycles. The molecular formula is C22H25N5O5S. The van der Waals surface area contributed by atoms with Gasteiger partial charge in [0.25, 0.3) is 5.91 Å². The first-order valence-corrected chi connectivity index (χ1v) is 11.9. The first-order chi connectivity index (χ1) is 15.8. The van der Waals surface area contributed by atoms with E-state index >= 15 is 0 Å². The van der Waals surface area contributed by atoms with E-state index in [4.69, 9.17) is 0 Å². The molecule has 0 unspecified atom stereocenters. The minimum absolute atomic E-state index is 0.173. The lowest BCUT2D eigenvalue weighted by Crippen LogP contribution is -2.37. The summed E-state index contributed by atoms with van der Waals surface area (Å²) in [7, 11) is -0.809. The number of carbonyl (C=O) groups excluding carboxylic acids is 2. The molecule has 0 aliphatic carbocycles. The standard InChI is InChI=1S/C22H25N5O5S/c1-23-21(28)19-14-24-27-12-9-16(13-20(19)27)15-7-10-26(11-8-15)33(30,31)18-5-3-17(4-6-18)25-22(29)32-2/h3-6,9,12-15H,7-8,10-11H2,1-2H3,(H,23,28)(H,25,29). The quantitative estimate of drug-likeness (QED) is 0.589. The lowest BCUT2D eigenvalue weighted by molar-refractivity contribution is 0.0964. The Hall–Kier alpha value is -3.44. The van der Waals surface area contributed by atoms with Gasteiger partial charge in [-0.2, -0.15) is 9.40 Å². The molecule has 1 aromatic carbocycles. The molecule has 3 aromatic rings. The Balaban J connectivity index is 1.46. The highest BCUT2D eigenvalue weighted by molar-refractivity contribution is 7.89. The second-order valence-electron chi connectivity index (χ2n) is 7.75. The summed E-state index contributed by atoms with van der Waals surface area (Å²) in [6.45, 7) is 0.782. The van der Waals surface area contributed by atoms with Crippen LogP contribution in [0.3, 0.4) is 0 Å². The van der Waals surface area contributed by atoms with Crippen LogP contribution < -0.4 is 10.6 Å². The Labute approximate surface area is 191 Å². The predicted molar refractivity (Wildman–Crippen MR) is 122 cm³/mol. The number of hydrogen-bond acceptors (Lipinski definition) is 6. The van der Waals surface area contributed by atoms with Crippen LogP contribution in [0.1, 0.15) is 34.7 Å². The van der Waals surface area contributed by atoms with Gasteiger partial charge >= 0.3 is 6.09 Å². The average molecular weight is 472 g/mol. The van der Waals surface area contributed by atoms with E-state index in [-0.39, 0.29) is 16.7 Å². The van der Waals surface area contributed by atoms with Gasteiger partial charge in [0, 0.05) is 32.0 Å². The molecule has 2 amide bonds. The zero-order valence-electron chi connectivity index (χ0n) is 18.3. The molecule has 0 radical (unpaired) electrons. The number of piperidine rings is 1. The van der Waals surface area contributed by atoms with Gasteiger partial charge in [0.05, 0.1) is 29.3 Å². The highest BCUT2D eigenvalue weighted by Crippen LogP contribution is 2.32. The smallest absolute Gasteiger partial charge is 0.411 e. The summed E-state index contributed by atoms with van der Waals surface area (Å²) >= 11 is 0. The van der Waals surface area contributed by atoms with Gasteiger partial charge in [0.2, 0.25) is 10.0 Å². The SMILES string of the molecule is CNC(=O)c1cnn2ccc(C3CCN(S(=O)(=O)c4ccc(NC(=O)OC)cc4)CC3)cc12. The molecule has 1 aliphatic rings. The van der Waals surface area contributed by atoms with Gasteiger partial charge in [-0.3, -0.25) is 10.1 Å². The third-order valence-electron chi connectivity index (χ3n) is 5.87. The maximum atomic E-state index is 13.1. The van der Waals surface area contributed by atoms with E-state index in [1.54, 1.807) is 17.8 Å². The van der Waals surface area contributed by atoms with Gasteiger partial charge in [-0.1, -0.05) is 0 Å². The third-order valence-corrected chi connectivity index (χ3v) is 7.78. The normalized spacial score (nSPS) is 15.3. The number of ether oxygens (including phenoxy) is 1. The van der Waals surface area contributed by atoms with Crippen molar-refractivity contribution in [3.8, 4) is 0 Å². The first-order valence-electron chi connectivity index (χ1n) is 10.5. The molecule has 0 atom stereocenters. The number of pyridine rings is 1. The molecule has 1 fully saturated rings. The van der Waals surface area contributed by atoms with E-state index in [1.807, 2.05) is 18.3 Å². The molecule has 2 N–H and O–H groups in total. The van der Waals surface area contributed by atoms with Crippen LogP contribution in [0, 0.1) is 0 Å². The summed E-state index contributed by atoms with van der Waals surface area (Å²) in [5.41, 5.74) is 2.74. The van der Waals surface area contributed by atoms with Gasteiger partial charge in [0.15, 0.2) is 0 Å². The molecule has 174 valence electrons. The molecule has 0 bridgehead atoms. The van der Waals surface area contributed by atoms with Crippen LogP contribution in [0.2, 0.25) is 0 Å². The van der Waals surface area contributed by atoms with Crippen LogP contribution in [0.15, 0.2) is 53.7 Å². The van der Waals surface area contributed by atoms with Gasteiger partial charge in [0.1, 0.15) is 0 Å².